The molecule has 0 spiro atoms. The maximum Gasteiger partial charge on any atom is 0.230 e. The fraction of sp³-hybridized carbons (Fsp3) is 0.400. The van der Waals surface area contributed by atoms with Gasteiger partial charge in [-0.3, -0.25) is 9.00 Å². The van der Waals surface area contributed by atoms with E-state index in [4.69, 9.17) is 0 Å². The van der Waals surface area contributed by atoms with Crippen LogP contribution in [0.5, 0.6) is 0 Å². The first-order valence-corrected chi connectivity index (χ1v) is 15.1. The Hall–Kier alpha value is -3.67. The Labute approximate surface area is 245 Å². The second-order valence-electron chi connectivity index (χ2n) is 10.5. The maximum absolute atomic E-state index is 14.9. The van der Waals surface area contributed by atoms with Gasteiger partial charge < -0.3 is 15.1 Å². The molecule has 226 valence electrons. The molecule has 1 aromatic heterocycles. The van der Waals surface area contributed by atoms with Crippen molar-refractivity contribution < 1.29 is 26.6 Å². The van der Waals surface area contributed by atoms with Crippen molar-refractivity contribution in [3.05, 3.63) is 83.9 Å². The van der Waals surface area contributed by atoms with E-state index in [0.29, 0.717) is 24.2 Å². The lowest BCUT2D eigenvalue weighted by molar-refractivity contribution is -0.127. The molecule has 1 aromatic carbocycles. The number of anilines is 2. The maximum atomic E-state index is 14.9. The van der Waals surface area contributed by atoms with Gasteiger partial charge in [0.05, 0.1) is 45.5 Å². The van der Waals surface area contributed by atoms with E-state index in [0.717, 1.165) is 42.9 Å². The van der Waals surface area contributed by atoms with Gasteiger partial charge in [0.15, 0.2) is 6.30 Å². The summed E-state index contributed by atoms with van der Waals surface area (Å²) in [6, 6.07) is 2.54. The zero-order valence-corrected chi connectivity index (χ0v) is 24.6. The molecule has 42 heavy (non-hydrogen) atoms. The second kappa shape index (κ2) is 13.5. The van der Waals surface area contributed by atoms with Crippen molar-refractivity contribution in [2.45, 2.75) is 43.4 Å². The van der Waals surface area contributed by atoms with Gasteiger partial charge in [-0.2, -0.15) is 5.10 Å². The average Bonchev–Trinajstić information content (AvgIpc) is 3.63. The summed E-state index contributed by atoms with van der Waals surface area (Å²) >= 11 is 0. The monoisotopic (exact) mass is 605 g/mol. The van der Waals surface area contributed by atoms with Gasteiger partial charge in [-0.1, -0.05) is 6.58 Å². The molecule has 1 saturated heterocycles. The van der Waals surface area contributed by atoms with Gasteiger partial charge in [-0.05, 0) is 73.3 Å². The molecule has 7 nitrogen and oxygen atoms in total. The number of hydrogen-bond donors (Lipinski definition) is 1. The molecule has 1 amide bonds. The minimum absolute atomic E-state index is 0.143. The van der Waals surface area contributed by atoms with Gasteiger partial charge in [-0.25, -0.2) is 22.2 Å². The summed E-state index contributed by atoms with van der Waals surface area (Å²) in [5.41, 5.74) is 2.19. The smallest absolute Gasteiger partial charge is 0.230 e. The van der Waals surface area contributed by atoms with Gasteiger partial charge in [0.1, 0.15) is 18.3 Å². The quantitative estimate of drug-likeness (QED) is 0.356. The molecule has 0 aliphatic carbocycles. The third kappa shape index (κ3) is 7.39. The minimum atomic E-state index is -1.57. The van der Waals surface area contributed by atoms with E-state index in [1.54, 1.807) is 25.5 Å². The van der Waals surface area contributed by atoms with E-state index >= 15 is 0 Å². The van der Waals surface area contributed by atoms with E-state index in [2.05, 4.69) is 21.9 Å². The number of halogens is 4. The van der Waals surface area contributed by atoms with Crippen LogP contribution < -0.4 is 10.2 Å². The lowest BCUT2D eigenvalue weighted by Crippen LogP contribution is -2.29. The molecule has 2 aromatic rings. The van der Waals surface area contributed by atoms with Crippen LogP contribution in [0.25, 0.3) is 0 Å². The summed E-state index contributed by atoms with van der Waals surface area (Å²) < 4.78 is 70.4. The van der Waals surface area contributed by atoms with Crippen LogP contribution in [0.1, 0.15) is 32.5 Å². The van der Waals surface area contributed by atoms with Gasteiger partial charge in [0, 0.05) is 38.5 Å². The van der Waals surface area contributed by atoms with E-state index in [1.807, 2.05) is 0 Å². The Morgan fingerprint density at radius 3 is 2.69 bits per heavy atom. The van der Waals surface area contributed by atoms with Crippen molar-refractivity contribution in [1.82, 2.24) is 14.7 Å². The highest BCUT2D eigenvalue weighted by atomic mass is 32.2. The molecular weight excluding hydrogens is 570 g/mol. The van der Waals surface area contributed by atoms with Crippen LogP contribution in [0.2, 0.25) is 0 Å². The molecule has 1 fully saturated rings. The van der Waals surface area contributed by atoms with Crippen LogP contribution in [-0.2, 0) is 15.6 Å². The molecule has 0 saturated carbocycles. The zero-order valence-electron chi connectivity index (χ0n) is 23.8. The fourth-order valence-corrected chi connectivity index (χ4v) is 5.85. The zero-order chi connectivity index (χ0) is 30.6. The van der Waals surface area contributed by atoms with Crippen molar-refractivity contribution in [2.24, 2.45) is 5.92 Å². The summed E-state index contributed by atoms with van der Waals surface area (Å²) in [4.78, 5) is 16.6. The fourth-order valence-electron chi connectivity index (χ4n) is 5.14. The SMILES string of the molecule is C=C1/C=C(/CC2CCN(c3cnn(C(C)F)c3)C2)N(C)C(=O)C/C=C(F)\C=C/1C(CF)Nc1ccc(F)cc1S(C)=O. The molecule has 1 N–H and O–H groups in total. The molecule has 0 radical (unpaired) electrons. The molecule has 0 bridgehead atoms. The third-order valence-electron chi connectivity index (χ3n) is 7.50. The number of hydrogen-bond acceptors (Lipinski definition) is 5. The molecule has 4 atom stereocenters. The van der Waals surface area contributed by atoms with Crippen LogP contribution in [0.15, 0.2) is 83.0 Å². The summed E-state index contributed by atoms with van der Waals surface area (Å²) in [5.74, 6) is -1.48. The Kier molecular flexibility index (Phi) is 10.1. The van der Waals surface area contributed by atoms with E-state index in [1.165, 1.54) is 28.8 Å². The number of allylic oxidation sites excluding steroid dienone is 4. The Balaban J connectivity index is 1.61. The van der Waals surface area contributed by atoms with Gasteiger partial charge in [0.2, 0.25) is 5.91 Å². The van der Waals surface area contributed by atoms with Crippen molar-refractivity contribution >= 4 is 28.1 Å². The van der Waals surface area contributed by atoms with Crippen LogP contribution in [-0.4, -0.2) is 63.9 Å². The molecular formula is C30H35F4N5O2S. The number of rotatable bonds is 9. The van der Waals surface area contributed by atoms with Crippen LogP contribution in [0.3, 0.4) is 0 Å². The highest BCUT2D eigenvalue weighted by Gasteiger charge is 2.28. The summed E-state index contributed by atoms with van der Waals surface area (Å²) in [5, 5.41) is 7.02. The average molecular weight is 606 g/mol. The largest absolute Gasteiger partial charge is 0.375 e. The highest BCUT2D eigenvalue weighted by Crippen LogP contribution is 2.32. The van der Waals surface area contributed by atoms with Crippen molar-refractivity contribution in [1.29, 1.82) is 0 Å². The van der Waals surface area contributed by atoms with Gasteiger partial charge in [-0.15, -0.1) is 0 Å². The second-order valence-corrected chi connectivity index (χ2v) is 11.9. The number of amides is 1. The molecule has 3 heterocycles. The molecule has 2 aliphatic rings. The van der Waals surface area contributed by atoms with Crippen molar-refractivity contribution in [3.63, 3.8) is 0 Å². The first kappa shape index (κ1) is 31.3. The lowest BCUT2D eigenvalue weighted by atomic mass is 9.94. The van der Waals surface area contributed by atoms with Crippen molar-refractivity contribution in [2.75, 3.05) is 43.3 Å². The minimum Gasteiger partial charge on any atom is -0.375 e. The number of alkyl halides is 2. The van der Waals surface area contributed by atoms with Crippen molar-refractivity contribution in [3.8, 4) is 0 Å². The van der Waals surface area contributed by atoms with E-state index in [9.17, 15) is 26.6 Å². The number of nitrogens with one attached hydrogen (secondary N) is 1. The predicted molar refractivity (Wildman–Crippen MR) is 157 cm³/mol. The summed E-state index contributed by atoms with van der Waals surface area (Å²) in [7, 11) is 0.0420. The molecule has 12 heteroatoms. The van der Waals surface area contributed by atoms with Crippen LogP contribution in [0.4, 0.5) is 28.9 Å². The predicted octanol–water partition coefficient (Wildman–Crippen LogP) is 6.00. The number of nitrogens with zero attached hydrogens (tertiary/aromatic N) is 4. The van der Waals surface area contributed by atoms with Crippen LogP contribution >= 0.6 is 0 Å². The first-order valence-electron chi connectivity index (χ1n) is 13.6. The number of carbonyl (C=O) groups is 1. The summed E-state index contributed by atoms with van der Waals surface area (Å²) in [6.07, 6.45) is 8.49. The van der Waals surface area contributed by atoms with E-state index in [-0.39, 0.29) is 34.4 Å². The molecule has 4 rings (SSSR count). The summed E-state index contributed by atoms with van der Waals surface area (Å²) in [6.45, 7) is 5.92. The lowest BCUT2D eigenvalue weighted by Gasteiger charge is -2.27. The third-order valence-corrected chi connectivity index (χ3v) is 8.45. The van der Waals surface area contributed by atoms with Gasteiger partial charge in [0.25, 0.3) is 0 Å². The topological polar surface area (TPSA) is 70.5 Å². The molecule has 2 aliphatic heterocycles. The number of benzene rings is 1. The number of aromatic nitrogens is 2. The van der Waals surface area contributed by atoms with E-state index < -0.39 is 41.5 Å². The normalized spacial score (nSPS) is 24.3. The Morgan fingerprint density at radius 2 is 2.02 bits per heavy atom. The Morgan fingerprint density at radius 1 is 1.26 bits per heavy atom. The Bertz CT molecular complexity index is 1450. The highest BCUT2D eigenvalue weighted by molar-refractivity contribution is 7.84. The molecule has 4 unspecified atom stereocenters. The first-order chi connectivity index (χ1) is 20.0. The number of carbonyl (C=O) groups excluding carboxylic acids is 1. The standard InChI is InChI=1S/C30H35F4N5O2S/c1-19-11-24(12-21-9-10-38(17-21)25-16-35-39(18-25)20(2)32)37(3)30(40)8-6-22(33)13-26(19)28(15-31)36-27-7-5-23(34)14-29(27)42(4)41/h5-7,11,13-14,16,18,20-21,28,36H,1,8-10,12,15,17H2,2-4H3/b22-6+,24-11-,26-13+. The van der Waals surface area contributed by atoms with Crippen LogP contribution in [0, 0.1) is 11.7 Å². The van der Waals surface area contributed by atoms with Gasteiger partial charge >= 0.3 is 0 Å².